The molecule has 2 rings (SSSR count). The number of urea groups is 1. The van der Waals surface area contributed by atoms with Crippen molar-refractivity contribution in [2.24, 2.45) is 0 Å². The van der Waals surface area contributed by atoms with Gasteiger partial charge in [-0.15, -0.1) is 0 Å². The first-order valence-electron chi connectivity index (χ1n) is 5.34. The van der Waals surface area contributed by atoms with E-state index in [0.29, 0.717) is 6.04 Å². The first kappa shape index (κ1) is 8.85. The number of amides is 2. The SMILES string of the molecule is CC1CCCN1C(=O)N1CCCC1. The summed E-state index contributed by atoms with van der Waals surface area (Å²) < 4.78 is 0. The molecule has 3 nitrogen and oxygen atoms in total. The molecule has 3 heteroatoms. The molecule has 0 radical (unpaired) electrons. The molecule has 1 unspecified atom stereocenters. The highest BCUT2D eigenvalue weighted by Gasteiger charge is 2.29. The van der Waals surface area contributed by atoms with Crippen LogP contribution in [0.5, 0.6) is 0 Å². The van der Waals surface area contributed by atoms with Crippen LogP contribution in [0.25, 0.3) is 0 Å². The Morgan fingerprint density at radius 1 is 1.15 bits per heavy atom. The highest BCUT2D eigenvalue weighted by molar-refractivity contribution is 5.75. The van der Waals surface area contributed by atoms with Crippen LogP contribution in [0.2, 0.25) is 0 Å². The van der Waals surface area contributed by atoms with Gasteiger partial charge < -0.3 is 9.80 Å². The van der Waals surface area contributed by atoms with E-state index in [4.69, 9.17) is 0 Å². The molecule has 2 fully saturated rings. The van der Waals surface area contributed by atoms with Gasteiger partial charge in [0.2, 0.25) is 0 Å². The Morgan fingerprint density at radius 3 is 2.38 bits per heavy atom. The molecule has 0 aromatic heterocycles. The largest absolute Gasteiger partial charge is 0.325 e. The number of carbonyl (C=O) groups excluding carboxylic acids is 1. The van der Waals surface area contributed by atoms with Crippen LogP contribution in [0.4, 0.5) is 4.79 Å². The number of carbonyl (C=O) groups is 1. The van der Waals surface area contributed by atoms with Crippen molar-refractivity contribution in [1.82, 2.24) is 9.80 Å². The maximum absolute atomic E-state index is 11.9. The molecule has 0 spiro atoms. The predicted octanol–water partition coefficient (Wildman–Crippen LogP) is 1.69. The fourth-order valence-corrected chi connectivity index (χ4v) is 2.31. The number of hydrogen-bond donors (Lipinski definition) is 0. The van der Waals surface area contributed by atoms with Crippen molar-refractivity contribution < 1.29 is 4.79 Å². The first-order chi connectivity index (χ1) is 6.29. The molecule has 0 N–H and O–H groups in total. The van der Waals surface area contributed by atoms with Gasteiger partial charge in [0.25, 0.3) is 0 Å². The monoisotopic (exact) mass is 182 g/mol. The van der Waals surface area contributed by atoms with Gasteiger partial charge >= 0.3 is 6.03 Å². The second-order valence-corrected chi connectivity index (χ2v) is 4.16. The van der Waals surface area contributed by atoms with Gasteiger partial charge in [0.15, 0.2) is 0 Å². The van der Waals surface area contributed by atoms with Crippen molar-refractivity contribution in [2.75, 3.05) is 19.6 Å². The summed E-state index contributed by atoms with van der Waals surface area (Å²) in [6.07, 6.45) is 4.74. The molecule has 2 saturated heterocycles. The highest BCUT2D eigenvalue weighted by atomic mass is 16.2. The minimum atomic E-state index is 0.280. The zero-order valence-corrected chi connectivity index (χ0v) is 8.33. The Labute approximate surface area is 79.7 Å². The van der Waals surface area contributed by atoms with Crippen LogP contribution in [0.15, 0.2) is 0 Å². The van der Waals surface area contributed by atoms with Gasteiger partial charge in [-0.05, 0) is 32.6 Å². The van der Waals surface area contributed by atoms with E-state index in [1.165, 1.54) is 25.7 Å². The van der Waals surface area contributed by atoms with Gasteiger partial charge in [-0.3, -0.25) is 0 Å². The summed E-state index contributed by atoms with van der Waals surface area (Å²) in [7, 11) is 0. The van der Waals surface area contributed by atoms with Crippen molar-refractivity contribution in [3.05, 3.63) is 0 Å². The van der Waals surface area contributed by atoms with Gasteiger partial charge in [-0.1, -0.05) is 0 Å². The molecule has 13 heavy (non-hydrogen) atoms. The molecule has 0 aromatic carbocycles. The van der Waals surface area contributed by atoms with Gasteiger partial charge in [-0.25, -0.2) is 4.79 Å². The second-order valence-electron chi connectivity index (χ2n) is 4.16. The Bertz CT molecular complexity index is 199. The third-order valence-electron chi connectivity index (χ3n) is 3.18. The smallest absolute Gasteiger partial charge is 0.320 e. The van der Waals surface area contributed by atoms with E-state index >= 15 is 0 Å². The zero-order valence-electron chi connectivity index (χ0n) is 8.33. The van der Waals surface area contributed by atoms with Gasteiger partial charge in [-0.2, -0.15) is 0 Å². The summed E-state index contributed by atoms with van der Waals surface area (Å²) in [5.41, 5.74) is 0. The molecule has 0 aromatic rings. The highest BCUT2D eigenvalue weighted by Crippen LogP contribution is 2.20. The Kier molecular flexibility index (Phi) is 2.42. The lowest BCUT2D eigenvalue weighted by atomic mass is 10.2. The van der Waals surface area contributed by atoms with E-state index in [1.54, 1.807) is 0 Å². The van der Waals surface area contributed by atoms with Gasteiger partial charge in [0.1, 0.15) is 0 Å². The Morgan fingerprint density at radius 2 is 1.85 bits per heavy atom. The first-order valence-corrected chi connectivity index (χ1v) is 5.34. The average Bonchev–Trinajstić information content (AvgIpc) is 2.72. The van der Waals surface area contributed by atoms with Crippen LogP contribution in [0.1, 0.15) is 32.6 Å². The molecule has 2 aliphatic rings. The van der Waals surface area contributed by atoms with Crippen LogP contribution in [-0.2, 0) is 0 Å². The molecule has 1 atom stereocenters. The maximum Gasteiger partial charge on any atom is 0.320 e. The normalized spacial score (nSPS) is 28.5. The zero-order chi connectivity index (χ0) is 9.26. The van der Waals surface area contributed by atoms with Crippen molar-refractivity contribution in [3.8, 4) is 0 Å². The minimum absolute atomic E-state index is 0.280. The molecule has 2 amide bonds. The molecule has 0 aliphatic carbocycles. The third-order valence-corrected chi connectivity index (χ3v) is 3.18. The lowest BCUT2D eigenvalue weighted by molar-refractivity contribution is 0.160. The van der Waals surface area contributed by atoms with Crippen LogP contribution in [0, 0.1) is 0 Å². The molecular weight excluding hydrogens is 164 g/mol. The summed E-state index contributed by atoms with van der Waals surface area (Å²) in [5.74, 6) is 0. The number of nitrogens with zero attached hydrogens (tertiary/aromatic N) is 2. The molecule has 0 saturated carbocycles. The standard InChI is InChI=1S/C10H18N2O/c1-9-5-4-8-12(9)10(13)11-6-2-3-7-11/h9H,2-8H2,1H3. The fourth-order valence-electron chi connectivity index (χ4n) is 2.31. The van der Waals surface area contributed by atoms with Crippen molar-refractivity contribution in [2.45, 2.75) is 38.6 Å². The summed E-state index contributed by atoms with van der Waals surface area (Å²) >= 11 is 0. The second kappa shape index (κ2) is 3.56. The molecule has 0 bridgehead atoms. The molecule has 74 valence electrons. The topological polar surface area (TPSA) is 23.6 Å². The van der Waals surface area contributed by atoms with Crippen molar-refractivity contribution in [3.63, 3.8) is 0 Å². The van der Waals surface area contributed by atoms with Gasteiger partial charge in [0, 0.05) is 25.7 Å². The van der Waals surface area contributed by atoms with E-state index in [1.807, 2.05) is 9.80 Å². The Balaban J connectivity index is 1.95. The van der Waals surface area contributed by atoms with Crippen LogP contribution >= 0.6 is 0 Å². The average molecular weight is 182 g/mol. The quantitative estimate of drug-likeness (QED) is 0.559. The minimum Gasteiger partial charge on any atom is -0.325 e. The summed E-state index contributed by atoms with van der Waals surface area (Å²) in [6.45, 7) is 5.07. The fraction of sp³-hybridized carbons (Fsp3) is 0.900. The van der Waals surface area contributed by atoms with Crippen LogP contribution in [0.3, 0.4) is 0 Å². The lowest BCUT2D eigenvalue weighted by Crippen LogP contribution is -2.43. The van der Waals surface area contributed by atoms with E-state index in [2.05, 4.69) is 6.92 Å². The van der Waals surface area contributed by atoms with E-state index in [-0.39, 0.29) is 6.03 Å². The van der Waals surface area contributed by atoms with Crippen LogP contribution in [-0.4, -0.2) is 41.5 Å². The predicted molar refractivity (Wildman–Crippen MR) is 51.6 cm³/mol. The summed E-state index contributed by atoms with van der Waals surface area (Å²) in [4.78, 5) is 15.9. The number of hydrogen-bond acceptors (Lipinski definition) is 1. The summed E-state index contributed by atoms with van der Waals surface area (Å²) in [6, 6.07) is 0.746. The number of rotatable bonds is 0. The van der Waals surface area contributed by atoms with Gasteiger partial charge in [0.05, 0.1) is 0 Å². The molecular formula is C10H18N2O. The molecule has 2 aliphatic heterocycles. The van der Waals surface area contributed by atoms with E-state index < -0.39 is 0 Å². The molecule has 2 heterocycles. The summed E-state index contributed by atoms with van der Waals surface area (Å²) in [5, 5.41) is 0. The van der Waals surface area contributed by atoms with Crippen molar-refractivity contribution >= 4 is 6.03 Å². The third kappa shape index (κ3) is 1.64. The van der Waals surface area contributed by atoms with Crippen molar-refractivity contribution in [1.29, 1.82) is 0 Å². The number of likely N-dealkylation sites (tertiary alicyclic amines) is 2. The van der Waals surface area contributed by atoms with E-state index in [0.717, 1.165) is 19.6 Å². The maximum atomic E-state index is 11.9. The van der Waals surface area contributed by atoms with E-state index in [9.17, 15) is 4.79 Å². The van der Waals surface area contributed by atoms with Crippen LogP contribution < -0.4 is 0 Å². The lowest BCUT2D eigenvalue weighted by Gasteiger charge is -2.27. The Hall–Kier alpha value is -0.730.